The van der Waals surface area contributed by atoms with Gasteiger partial charge in [0.1, 0.15) is 6.04 Å². The molecule has 1 heterocycles. The van der Waals surface area contributed by atoms with E-state index in [1.54, 1.807) is 11.7 Å². The number of amides is 3. The molecule has 1 unspecified atom stereocenters. The zero-order valence-electron chi connectivity index (χ0n) is 16.5. The van der Waals surface area contributed by atoms with Crippen LogP contribution in [-0.4, -0.2) is 41.7 Å². The fourth-order valence-electron chi connectivity index (χ4n) is 3.36. The Kier molecular flexibility index (Phi) is 7.69. The van der Waals surface area contributed by atoms with Crippen molar-refractivity contribution in [2.75, 3.05) is 7.05 Å². The van der Waals surface area contributed by atoms with Gasteiger partial charge < -0.3 is 10.6 Å². The number of hydrogen-bond donors (Lipinski definition) is 4. The van der Waals surface area contributed by atoms with Gasteiger partial charge >= 0.3 is 0 Å². The molecule has 28 heavy (non-hydrogen) atoms. The van der Waals surface area contributed by atoms with Crippen LogP contribution in [0.5, 0.6) is 0 Å². The van der Waals surface area contributed by atoms with Crippen molar-refractivity contribution in [2.24, 2.45) is 16.8 Å². The second kappa shape index (κ2) is 9.98. The SMILES string of the molecule is CNC(=O)C(CC1=CN=C2C=CCC=C12)NC(=O)[C@H](CC(=O)NO)CC(C)C. The summed E-state index contributed by atoms with van der Waals surface area (Å²) in [4.78, 5) is 41.1. The van der Waals surface area contributed by atoms with Crippen LogP contribution in [0.25, 0.3) is 0 Å². The number of fused-ring (bicyclic) bond motifs is 1. The number of carbonyl (C=O) groups is 3. The molecule has 0 aromatic heterocycles. The van der Waals surface area contributed by atoms with Gasteiger partial charge in [0.2, 0.25) is 17.7 Å². The first-order chi connectivity index (χ1) is 13.3. The van der Waals surface area contributed by atoms with E-state index >= 15 is 0 Å². The Labute approximate surface area is 164 Å². The number of nitrogens with zero attached hydrogens (tertiary/aromatic N) is 1. The van der Waals surface area contributed by atoms with Crippen LogP contribution in [0.2, 0.25) is 0 Å². The van der Waals surface area contributed by atoms with Gasteiger partial charge in [0.05, 0.1) is 5.71 Å². The lowest BCUT2D eigenvalue weighted by Crippen LogP contribution is -2.48. The summed E-state index contributed by atoms with van der Waals surface area (Å²) < 4.78 is 0. The lowest BCUT2D eigenvalue weighted by Gasteiger charge is -2.23. The van der Waals surface area contributed by atoms with E-state index < -0.39 is 17.9 Å². The monoisotopic (exact) mass is 388 g/mol. The number of hydrogen-bond acceptors (Lipinski definition) is 5. The molecule has 0 bridgehead atoms. The Bertz CT molecular complexity index is 749. The second-order valence-corrected chi connectivity index (χ2v) is 7.37. The highest BCUT2D eigenvalue weighted by Crippen LogP contribution is 2.27. The van der Waals surface area contributed by atoms with E-state index in [1.807, 2.05) is 32.1 Å². The lowest BCUT2D eigenvalue weighted by atomic mass is 9.91. The number of allylic oxidation sites excluding steroid dienone is 4. The Morgan fingerprint density at radius 2 is 2.00 bits per heavy atom. The molecule has 152 valence electrons. The third-order valence-electron chi connectivity index (χ3n) is 4.70. The van der Waals surface area contributed by atoms with Gasteiger partial charge in [0.15, 0.2) is 0 Å². The summed E-state index contributed by atoms with van der Waals surface area (Å²) in [7, 11) is 1.51. The molecule has 0 aromatic carbocycles. The molecule has 0 saturated heterocycles. The van der Waals surface area contributed by atoms with Crippen LogP contribution in [0.15, 0.2) is 40.6 Å². The van der Waals surface area contributed by atoms with Crippen molar-refractivity contribution in [1.29, 1.82) is 0 Å². The van der Waals surface area contributed by atoms with Crippen molar-refractivity contribution in [1.82, 2.24) is 16.1 Å². The second-order valence-electron chi connectivity index (χ2n) is 7.37. The minimum atomic E-state index is -0.781. The van der Waals surface area contributed by atoms with Gasteiger partial charge in [-0.2, -0.15) is 0 Å². The first-order valence-corrected chi connectivity index (χ1v) is 9.44. The standard InChI is InChI=1S/C20H28N4O4/c1-12(2)8-13(10-18(25)24-28)19(26)23-17(20(27)21-3)9-14-11-22-16-7-5-4-6-15(14)16/h5-7,11-13,17,28H,4,8-10H2,1-3H3,(H,21,27)(H,23,26)(H,24,25)/t13-,17?/m0/s1. The van der Waals surface area contributed by atoms with Crippen LogP contribution < -0.4 is 16.1 Å². The van der Waals surface area contributed by atoms with Crippen LogP contribution in [0.4, 0.5) is 0 Å². The summed E-state index contributed by atoms with van der Waals surface area (Å²) in [5.41, 5.74) is 4.31. The van der Waals surface area contributed by atoms with Crippen LogP contribution in [0.3, 0.4) is 0 Å². The molecule has 8 nitrogen and oxygen atoms in total. The highest BCUT2D eigenvalue weighted by molar-refractivity contribution is 6.14. The maximum Gasteiger partial charge on any atom is 0.244 e. The predicted octanol–water partition coefficient (Wildman–Crippen LogP) is 1.39. The van der Waals surface area contributed by atoms with Gasteiger partial charge in [-0.05, 0) is 30.4 Å². The number of aliphatic imine (C=N–C) groups is 1. The molecule has 0 saturated carbocycles. The maximum atomic E-state index is 12.8. The van der Waals surface area contributed by atoms with E-state index in [1.165, 1.54) is 7.05 Å². The molecule has 2 aliphatic rings. The maximum absolute atomic E-state index is 12.8. The van der Waals surface area contributed by atoms with Crippen molar-refractivity contribution in [3.8, 4) is 0 Å². The number of hydroxylamine groups is 1. The highest BCUT2D eigenvalue weighted by atomic mass is 16.5. The first-order valence-electron chi connectivity index (χ1n) is 9.44. The quantitative estimate of drug-likeness (QED) is 0.352. The van der Waals surface area contributed by atoms with Gasteiger partial charge in [0.25, 0.3) is 0 Å². The van der Waals surface area contributed by atoms with Gasteiger partial charge in [-0.25, -0.2) is 5.48 Å². The van der Waals surface area contributed by atoms with Crippen LogP contribution in [0.1, 0.15) is 39.5 Å². The largest absolute Gasteiger partial charge is 0.357 e. The Hall–Kier alpha value is -2.74. The number of rotatable bonds is 9. The normalized spacial score (nSPS) is 17.1. The summed E-state index contributed by atoms with van der Waals surface area (Å²) in [6.07, 6.45) is 9.15. The van der Waals surface area contributed by atoms with E-state index in [9.17, 15) is 14.4 Å². The van der Waals surface area contributed by atoms with E-state index in [4.69, 9.17) is 5.21 Å². The molecular formula is C20H28N4O4. The summed E-state index contributed by atoms with van der Waals surface area (Å²) in [5.74, 6) is -1.80. The highest BCUT2D eigenvalue weighted by Gasteiger charge is 2.29. The minimum absolute atomic E-state index is 0.146. The summed E-state index contributed by atoms with van der Waals surface area (Å²) >= 11 is 0. The molecule has 4 N–H and O–H groups in total. The number of nitrogens with one attached hydrogen (secondary N) is 3. The fourth-order valence-corrected chi connectivity index (χ4v) is 3.36. The van der Waals surface area contributed by atoms with Gasteiger partial charge in [-0.3, -0.25) is 24.6 Å². The molecule has 0 fully saturated rings. The fraction of sp³-hybridized carbons (Fsp3) is 0.500. The Balaban J connectivity index is 2.10. The Morgan fingerprint density at radius 1 is 1.25 bits per heavy atom. The van der Waals surface area contributed by atoms with Crippen molar-refractivity contribution < 1.29 is 19.6 Å². The average molecular weight is 388 g/mol. The molecule has 1 aliphatic heterocycles. The number of carbonyl (C=O) groups excluding carboxylic acids is 3. The Morgan fingerprint density at radius 3 is 2.64 bits per heavy atom. The predicted molar refractivity (Wildman–Crippen MR) is 105 cm³/mol. The summed E-state index contributed by atoms with van der Waals surface area (Å²) in [6.45, 7) is 3.89. The van der Waals surface area contributed by atoms with Gasteiger partial charge in [0, 0.05) is 37.6 Å². The molecule has 0 aromatic rings. The molecule has 8 heteroatoms. The molecule has 2 rings (SSSR count). The van der Waals surface area contributed by atoms with E-state index in [0.29, 0.717) is 12.8 Å². The first kappa shape index (κ1) is 21.6. The van der Waals surface area contributed by atoms with E-state index in [-0.39, 0.29) is 24.2 Å². The van der Waals surface area contributed by atoms with Crippen LogP contribution in [0, 0.1) is 11.8 Å². The average Bonchev–Trinajstić information content (AvgIpc) is 3.08. The van der Waals surface area contributed by atoms with Crippen molar-refractivity contribution in [2.45, 2.75) is 45.6 Å². The van der Waals surface area contributed by atoms with Crippen LogP contribution >= 0.6 is 0 Å². The third-order valence-corrected chi connectivity index (χ3v) is 4.70. The van der Waals surface area contributed by atoms with Gasteiger partial charge in [-0.15, -0.1) is 0 Å². The molecule has 1 aliphatic carbocycles. The molecule has 0 spiro atoms. The van der Waals surface area contributed by atoms with Gasteiger partial charge in [-0.1, -0.05) is 26.0 Å². The van der Waals surface area contributed by atoms with E-state index in [2.05, 4.69) is 15.6 Å². The third kappa shape index (κ3) is 5.63. The zero-order valence-corrected chi connectivity index (χ0v) is 16.5. The van der Waals surface area contributed by atoms with Crippen molar-refractivity contribution >= 4 is 23.4 Å². The topological polar surface area (TPSA) is 120 Å². The van der Waals surface area contributed by atoms with Crippen molar-refractivity contribution in [3.63, 3.8) is 0 Å². The molecule has 2 atom stereocenters. The lowest BCUT2D eigenvalue weighted by molar-refractivity contribution is -0.136. The minimum Gasteiger partial charge on any atom is -0.357 e. The number of likely N-dealkylation sites (N-methyl/N-ethyl adjacent to an activating group) is 1. The smallest absolute Gasteiger partial charge is 0.244 e. The van der Waals surface area contributed by atoms with Crippen LogP contribution in [-0.2, 0) is 14.4 Å². The molecular weight excluding hydrogens is 360 g/mol. The molecule has 3 amide bonds. The van der Waals surface area contributed by atoms with E-state index in [0.717, 1.165) is 23.3 Å². The zero-order chi connectivity index (χ0) is 20.7. The molecule has 0 radical (unpaired) electrons. The van der Waals surface area contributed by atoms with Crippen molar-refractivity contribution in [3.05, 3.63) is 35.6 Å². The summed E-state index contributed by atoms with van der Waals surface area (Å²) in [5, 5.41) is 14.1. The summed E-state index contributed by atoms with van der Waals surface area (Å²) in [6, 6.07) is -0.781.